The highest BCUT2D eigenvalue weighted by molar-refractivity contribution is 5.86. The summed E-state index contributed by atoms with van der Waals surface area (Å²) in [6.07, 6.45) is -0.269. The van der Waals surface area contributed by atoms with Crippen LogP contribution in [0.3, 0.4) is 0 Å². The van der Waals surface area contributed by atoms with Crippen molar-refractivity contribution in [3.05, 3.63) is 83.7 Å². The maximum absolute atomic E-state index is 13.6. The van der Waals surface area contributed by atoms with E-state index < -0.39 is 6.10 Å². The Morgan fingerprint density at radius 2 is 1.72 bits per heavy atom. The fourth-order valence-corrected chi connectivity index (χ4v) is 2.90. The maximum atomic E-state index is 13.6. The lowest BCUT2D eigenvalue weighted by molar-refractivity contribution is -0.121. The van der Waals surface area contributed by atoms with Crippen molar-refractivity contribution in [1.82, 2.24) is 5.32 Å². The van der Waals surface area contributed by atoms with Gasteiger partial charge < -0.3 is 10.4 Å². The Kier molecular flexibility index (Phi) is 5.41. The van der Waals surface area contributed by atoms with E-state index in [2.05, 4.69) is 5.32 Å². The zero-order valence-corrected chi connectivity index (χ0v) is 13.8. The van der Waals surface area contributed by atoms with Gasteiger partial charge in [-0.2, -0.15) is 0 Å². The number of carbonyl (C=O) groups is 1. The quantitative estimate of drug-likeness (QED) is 0.719. The number of hydrogen-bond acceptors (Lipinski definition) is 2. The van der Waals surface area contributed by atoms with Crippen LogP contribution < -0.4 is 5.32 Å². The smallest absolute Gasteiger partial charge is 0.220 e. The molecule has 0 aliphatic rings. The third kappa shape index (κ3) is 4.22. The third-order valence-corrected chi connectivity index (χ3v) is 4.25. The van der Waals surface area contributed by atoms with Crippen LogP contribution in [0.25, 0.3) is 10.8 Å². The lowest BCUT2D eigenvalue weighted by atomic mass is 10.0. The van der Waals surface area contributed by atoms with Gasteiger partial charge in [-0.15, -0.1) is 0 Å². The summed E-state index contributed by atoms with van der Waals surface area (Å²) in [6.45, 7) is 0.129. The molecule has 0 aliphatic heterocycles. The fraction of sp³-hybridized carbons (Fsp3) is 0.190. The predicted octanol–water partition coefficient (Wildman–Crippen LogP) is 3.76. The molecule has 0 aromatic heterocycles. The summed E-state index contributed by atoms with van der Waals surface area (Å²) in [5, 5.41) is 15.2. The molecule has 0 bridgehead atoms. The first-order chi connectivity index (χ1) is 12.1. The molecule has 0 aliphatic carbocycles. The third-order valence-electron chi connectivity index (χ3n) is 4.25. The molecule has 0 fully saturated rings. The van der Waals surface area contributed by atoms with Crippen LogP contribution in [0.5, 0.6) is 0 Å². The van der Waals surface area contributed by atoms with Gasteiger partial charge in [0, 0.05) is 13.0 Å². The summed E-state index contributed by atoms with van der Waals surface area (Å²) in [7, 11) is 0. The van der Waals surface area contributed by atoms with Crippen LogP contribution >= 0.6 is 0 Å². The molecule has 3 aromatic rings. The van der Waals surface area contributed by atoms with E-state index in [-0.39, 0.29) is 24.7 Å². The molecule has 0 saturated carbocycles. The number of aliphatic hydroxyl groups excluding tert-OH is 1. The van der Waals surface area contributed by atoms with Crippen LogP contribution in [-0.2, 0) is 11.2 Å². The number of benzene rings is 3. The van der Waals surface area contributed by atoms with Gasteiger partial charge in [-0.05, 0) is 34.4 Å². The summed E-state index contributed by atoms with van der Waals surface area (Å²) in [4.78, 5) is 12.0. The molecule has 3 rings (SSSR count). The molecular formula is C21H20FNO2. The molecule has 128 valence electrons. The molecule has 0 radical (unpaired) electrons. The van der Waals surface area contributed by atoms with Crippen molar-refractivity contribution in [1.29, 1.82) is 0 Å². The molecule has 3 nitrogen and oxygen atoms in total. The first kappa shape index (κ1) is 17.1. The molecule has 1 amide bonds. The van der Waals surface area contributed by atoms with E-state index in [4.69, 9.17) is 0 Å². The first-order valence-corrected chi connectivity index (χ1v) is 8.31. The Morgan fingerprint density at radius 1 is 1.00 bits per heavy atom. The van der Waals surface area contributed by atoms with Gasteiger partial charge in [0.05, 0.1) is 6.10 Å². The van der Waals surface area contributed by atoms with Crippen LogP contribution in [0.4, 0.5) is 4.39 Å². The van der Waals surface area contributed by atoms with Crippen molar-refractivity contribution in [3.63, 3.8) is 0 Å². The van der Waals surface area contributed by atoms with Crippen molar-refractivity contribution in [2.75, 3.05) is 6.54 Å². The van der Waals surface area contributed by atoms with Crippen molar-refractivity contribution >= 4 is 16.7 Å². The van der Waals surface area contributed by atoms with Crippen LogP contribution in [-0.4, -0.2) is 17.6 Å². The Bertz CT molecular complexity index is 873. The van der Waals surface area contributed by atoms with Gasteiger partial charge in [-0.25, -0.2) is 4.39 Å². The van der Waals surface area contributed by atoms with Gasteiger partial charge in [0.2, 0.25) is 5.91 Å². The van der Waals surface area contributed by atoms with Crippen molar-refractivity contribution < 1.29 is 14.3 Å². The second-order valence-corrected chi connectivity index (χ2v) is 5.98. The first-order valence-electron chi connectivity index (χ1n) is 8.31. The normalized spacial score (nSPS) is 12.1. The molecule has 0 spiro atoms. The summed E-state index contributed by atoms with van der Waals surface area (Å²) < 4.78 is 13.6. The van der Waals surface area contributed by atoms with Crippen LogP contribution in [0.1, 0.15) is 23.7 Å². The summed E-state index contributed by atoms with van der Waals surface area (Å²) in [5.74, 6) is -0.506. The summed E-state index contributed by atoms with van der Waals surface area (Å²) in [6, 6.07) is 20.0. The van der Waals surface area contributed by atoms with E-state index in [1.165, 1.54) is 6.07 Å². The zero-order chi connectivity index (χ0) is 17.6. The molecule has 25 heavy (non-hydrogen) atoms. The fourth-order valence-electron chi connectivity index (χ4n) is 2.90. The van der Waals surface area contributed by atoms with E-state index in [1.54, 1.807) is 18.2 Å². The Balaban J connectivity index is 1.57. The highest BCUT2D eigenvalue weighted by atomic mass is 19.1. The molecule has 0 saturated heterocycles. The van der Waals surface area contributed by atoms with E-state index >= 15 is 0 Å². The van der Waals surface area contributed by atoms with Gasteiger partial charge in [-0.3, -0.25) is 4.79 Å². The predicted molar refractivity (Wildman–Crippen MR) is 96.6 cm³/mol. The topological polar surface area (TPSA) is 49.3 Å². The lowest BCUT2D eigenvalue weighted by Crippen LogP contribution is -2.28. The number of rotatable bonds is 6. The van der Waals surface area contributed by atoms with Gasteiger partial charge in [-0.1, -0.05) is 60.7 Å². The van der Waals surface area contributed by atoms with Crippen LogP contribution in [0, 0.1) is 5.82 Å². The summed E-state index contributed by atoms with van der Waals surface area (Å²) in [5.41, 5.74) is 1.31. The summed E-state index contributed by atoms with van der Waals surface area (Å²) >= 11 is 0. The van der Waals surface area contributed by atoms with Gasteiger partial charge in [0.25, 0.3) is 0 Å². The second-order valence-electron chi connectivity index (χ2n) is 5.98. The number of fused-ring (bicyclic) bond motifs is 1. The van der Waals surface area contributed by atoms with Crippen molar-refractivity contribution in [2.45, 2.75) is 18.9 Å². The van der Waals surface area contributed by atoms with Gasteiger partial charge in [0.1, 0.15) is 5.82 Å². The molecule has 0 heterocycles. The SMILES string of the molecule is O=C(CCc1ccccc1F)NC[C@@H](O)c1cccc2ccccc12. The minimum atomic E-state index is -0.788. The van der Waals surface area contributed by atoms with E-state index in [1.807, 2.05) is 42.5 Å². The number of halogens is 1. The number of nitrogens with one attached hydrogen (secondary N) is 1. The second kappa shape index (κ2) is 7.90. The highest BCUT2D eigenvalue weighted by Crippen LogP contribution is 2.23. The standard InChI is InChI=1S/C21H20FNO2/c22-19-11-4-2-7-16(19)12-13-21(25)23-14-20(24)18-10-5-8-15-6-1-3-9-17(15)18/h1-11,20,24H,12-14H2,(H,23,25)/t20-/m1/s1. The molecular weight excluding hydrogens is 317 g/mol. The number of aliphatic hydroxyl groups is 1. The molecule has 1 atom stereocenters. The van der Waals surface area contributed by atoms with Crippen molar-refractivity contribution in [3.8, 4) is 0 Å². The number of hydrogen-bond donors (Lipinski definition) is 2. The minimum Gasteiger partial charge on any atom is -0.387 e. The number of aryl methyl sites for hydroxylation is 1. The van der Waals surface area contributed by atoms with Gasteiger partial charge >= 0.3 is 0 Å². The minimum absolute atomic E-state index is 0.129. The van der Waals surface area contributed by atoms with E-state index in [0.717, 1.165) is 16.3 Å². The van der Waals surface area contributed by atoms with Crippen LogP contribution in [0.15, 0.2) is 66.7 Å². The average Bonchev–Trinajstić information content (AvgIpc) is 2.65. The van der Waals surface area contributed by atoms with Crippen LogP contribution in [0.2, 0.25) is 0 Å². The number of amides is 1. The van der Waals surface area contributed by atoms with E-state index in [9.17, 15) is 14.3 Å². The molecule has 3 aromatic carbocycles. The molecule has 2 N–H and O–H groups in total. The number of carbonyl (C=O) groups excluding carboxylic acids is 1. The van der Waals surface area contributed by atoms with Crippen molar-refractivity contribution in [2.24, 2.45) is 0 Å². The lowest BCUT2D eigenvalue weighted by Gasteiger charge is -2.15. The monoisotopic (exact) mass is 337 g/mol. The largest absolute Gasteiger partial charge is 0.387 e. The Hall–Kier alpha value is -2.72. The maximum Gasteiger partial charge on any atom is 0.220 e. The zero-order valence-electron chi connectivity index (χ0n) is 13.8. The molecule has 4 heteroatoms. The van der Waals surface area contributed by atoms with Gasteiger partial charge in [0.15, 0.2) is 0 Å². The Morgan fingerprint density at radius 3 is 2.56 bits per heavy atom. The Labute approximate surface area is 146 Å². The molecule has 0 unspecified atom stereocenters. The van der Waals surface area contributed by atoms with E-state index in [0.29, 0.717) is 12.0 Å². The average molecular weight is 337 g/mol. The highest BCUT2D eigenvalue weighted by Gasteiger charge is 2.13.